The molecule has 3 unspecified atom stereocenters. The van der Waals surface area contributed by atoms with Crippen molar-refractivity contribution in [1.29, 1.82) is 0 Å². The summed E-state index contributed by atoms with van der Waals surface area (Å²) in [5.74, 6) is 0. The largest absolute Gasteiger partial charge is 0.344 e. The van der Waals surface area contributed by atoms with Crippen LogP contribution in [0.3, 0.4) is 0 Å². The van der Waals surface area contributed by atoms with Crippen molar-refractivity contribution in [3.05, 3.63) is 107 Å². The predicted molar refractivity (Wildman–Crippen MR) is 99.6 cm³/mol. The molecule has 24 heavy (non-hydrogen) atoms. The summed E-state index contributed by atoms with van der Waals surface area (Å²) in [5, 5.41) is -0.509. The van der Waals surface area contributed by atoms with Crippen LogP contribution in [-0.2, 0) is 15.7 Å². The summed E-state index contributed by atoms with van der Waals surface area (Å²) in [6.45, 7) is 0. The summed E-state index contributed by atoms with van der Waals surface area (Å²) in [6, 6.07) is 29.5. The van der Waals surface area contributed by atoms with Crippen molar-refractivity contribution in [2.24, 2.45) is 0 Å². The maximum absolute atomic E-state index is 7.01. The summed E-state index contributed by atoms with van der Waals surface area (Å²) in [4.78, 5) is 0. The van der Waals surface area contributed by atoms with Crippen LogP contribution in [0.5, 0.6) is 0 Å². The van der Waals surface area contributed by atoms with Gasteiger partial charge in [0, 0.05) is 19.0 Å². The Morgan fingerprint density at radius 3 is 1.92 bits per heavy atom. The molecule has 5 rings (SSSR count). The monoisotopic (exact) mass is 350 g/mol. The van der Waals surface area contributed by atoms with Crippen LogP contribution in [0.1, 0.15) is 22.3 Å². The van der Waals surface area contributed by atoms with Crippen molar-refractivity contribution in [1.82, 2.24) is 0 Å². The fourth-order valence-corrected chi connectivity index (χ4v) is 7.48. The second-order valence-corrected chi connectivity index (χ2v) is 9.27. The molecule has 0 spiro atoms. The van der Waals surface area contributed by atoms with E-state index in [-0.39, 0.29) is 0 Å². The molecule has 1 fully saturated rings. The van der Waals surface area contributed by atoms with Gasteiger partial charge in [-0.25, -0.2) is 0 Å². The molecule has 3 heteroatoms. The summed E-state index contributed by atoms with van der Waals surface area (Å²) >= 11 is 7.01. The molecular formula is C21H16ClOP. The van der Waals surface area contributed by atoms with E-state index < -0.39 is 18.2 Å². The zero-order valence-corrected chi connectivity index (χ0v) is 14.7. The predicted octanol–water partition coefficient (Wildman–Crippen LogP) is 5.81. The highest BCUT2D eigenvalue weighted by molar-refractivity contribution is 7.85. The zero-order valence-electron chi connectivity index (χ0n) is 13.0. The van der Waals surface area contributed by atoms with E-state index in [4.69, 9.17) is 16.0 Å². The van der Waals surface area contributed by atoms with E-state index in [1.54, 1.807) is 0 Å². The lowest BCUT2D eigenvalue weighted by Gasteiger charge is -2.31. The van der Waals surface area contributed by atoms with E-state index in [1.165, 1.54) is 16.7 Å². The van der Waals surface area contributed by atoms with Crippen molar-refractivity contribution in [2.45, 2.75) is 10.9 Å². The number of rotatable bonds is 2. The second kappa shape index (κ2) is 5.17. The van der Waals surface area contributed by atoms with Gasteiger partial charge in [-0.05, 0) is 16.7 Å². The average molecular weight is 351 g/mol. The van der Waals surface area contributed by atoms with Crippen LogP contribution >= 0.6 is 18.5 Å². The standard InChI is InChI=1S/C21H16ClOP/c22-24-15-20(16-9-3-1-4-10-16)18-13-7-8-14-19(18)21(24,23-20)17-11-5-2-6-12-17/h1-14H,15H2. The number of benzene rings is 3. The van der Waals surface area contributed by atoms with Crippen molar-refractivity contribution in [3.63, 3.8) is 0 Å². The van der Waals surface area contributed by atoms with E-state index in [2.05, 4.69) is 72.8 Å². The van der Waals surface area contributed by atoms with Gasteiger partial charge < -0.3 is 4.74 Å². The quantitative estimate of drug-likeness (QED) is 0.530. The Labute approximate surface area is 147 Å². The molecule has 3 aromatic rings. The van der Waals surface area contributed by atoms with Crippen LogP contribution in [0.15, 0.2) is 84.9 Å². The first-order chi connectivity index (χ1) is 11.8. The molecular weight excluding hydrogens is 335 g/mol. The van der Waals surface area contributed by atoms with Gasteiger partial charge >= 0.3 is 0 Å². The Morgan fingerprint density at radius 2 is 1.25 bits per heavy atom. The first-order valence-corrected chi connectivity index (χ1v) is 10.6. The normalized spacial score (nSPS) is 30.3. The van der Waals surface area contributed by atoms with Crippen LogP contribution in [0.4, 0.5) is 0 Å². The highest BCUT2D eigenvalue weighted by Gasteiger charge is 2.65. The molecule has 0 N–H and O–H groups in total. The molecule has 3 atom stereocenters. The smallest absolute Gasteiger partial charge is 0.153 e. The fourth-order valence-electron chi connectivity index (χ4n) is 4.13. The van der Waals surface area contributed by atoms with Gasteiger partial charge in [-0.1, -0.05) is 96.2 Å². The van der Waals surface area contributed by atoms with Crippen LogP contribution in [0.25, 0.3) is 0 Å². The Morgan fingerprint density at radius 1 is 0.708 bits per heavy atom. The van der Waals surface area contributed by atoms with Crippen LogP contribution in [0.2, 0.25) is 0 Å². The lowest BCUT2D eigenvalue weighted by Crippen LogP contribution is -2.27. The van der Waals surface area contributed by atoms with E-state index in [0.29, 0.717) is 0 Å². The molecule has 0 saturated carbocycles. The van der Waals surface area contributed by atoms with Gasteiger partial charge in [-0.2, -0.15) is 0 Å². The third kappa shape index (κ3) is 1.73. The average Bonchev–Trinajstić information content (AvgIpc) is 3.14. The van der Waals surface area contributed by atoms with Gasteiger partial charge in [0.2, 0.25) is 0 Å². The van der Waals surface area contributed by atoms with Gasteiger partial charge in [0.05, 0.1) is 0 Å². The summed E-state index contributed by atoms with van der Waals surface area (Å²) in [6.07, 6.45) is 0.847. The van der Waals surface area contributed by atoms with Crippen molar-refractivity contribution < 1.29 is 4.74 Å². The number of hydrogen-bond donors (Lipinski definition) is 0. The lowest BCUT2D eigenvalue weighted by atomic mass is 9.85. The zero-order chi connectivity index (χ0) is 16.2. The van der Waals surface area contributed by atoms with Crippen molar-refractivity contribution in [3.8, 4) is 0 Å². The molecule has 1 nitrogen and oxygen atoms in total. The maximum atomic E-state index is 7.01. The lowest BCUT2D eigenvalue weighted by molar-refractivity contribution is -0.0183. The molecule has 2 aliphatic heterocycles. The number of fused-ring (bicyclic) bond motifs is 5. The summed E-state index contributed by atoms with van der Waals surface area (Å²) in [7, 11) is -0.848. The van der Waals surface area contributed by atoms with E-state index in [1.807, 2.05) is 12.1 Å². The van der Waals surface area contributed by atoms with Crippen molar-refractivity contribution >= 4 is 18.5 Å². The molecule has 3 aromatic carbocycles. The number of ether oxygens (including phenoxy) is 1. The fraction of sp³-hybridized carbons (Fsp3) is 0.143. The Kier molecular flexibility index (Phi) is 3.16. The molecule has 118 valence electrons. The number of halogens is 1. The minimum absolute atomic E-state index is 0.429. The minimum atomic E-state index is -0.848. The minimum Gasteiger partial charge on any atom is -0.344 e. The third-order valence-corrected chi connectivity index (χ3v) is 8.23. The maximum Gasteiger partial charge on any atom is 0.153 e. The Balaban J connectivity index is 1.81. The van der Waals surface area contributed by atoms with Crippen LogP contribution in [-0.4, -0.2) is 6.16 Å². The third-order valence-electron chi connectivity index (χ3n) is 5.16. The molecule has 2 heterocycles. The highest BCUT2D eigenvalue weighted by atomic mass is 35.7. The molecule has 1 saturated heterocycles. The van der Waals surface area contributed by atoms with Gasteiger partial charge in [-0.3, -0.25) is 0 Å². The van der Waals surface area contributed by atoms with Crippen LogP contribution in [0, 0.1) is 0 Å². The molecule has 0 amide bonds. The SMILES string of the molecule is ClP1CC2(c3ccccc3)OC1(c1ccccc1)c1ccccc12. The first-order valence-electron chi connectivity index (χ1n) is 8.12. The van der Waals surface area contributed by atoms with E-state index in [9.17, 15) is 0 Å². The Hall–Kier alpha value is -1.66. The second-order valence-electron chi connectivity index (χ2n) is 6.37. The Bertz CT molecular complexity index is 898. The van der Waals surface area contributed by atoms with E-state index >= 15 is 0 Å². The highest BCUT2D eigenvalue weighted by Crippen LogP contribution is 2.78. The van der Waals surface area contributed by atoms with Gasteiger partial charge in [0.25, 0.3) is 0 Å². The van der Waals surface area contributed by atoms with Gasteiger partial charge in [0.1, 0.15) is 5.60 Å². The number of hydrogen-bond acceptors (Lipinski definition) is 1. The molecule has 0 radical (unpaired) electrons. The van der Waals surface area contributed by atoms with Crippen LogP contribution < -0.4 is 0 Å². The van der Waals surface area contributed by atoms with Gasteiger partial charge in [-0.15, -0.1) is 0 Å². The molecule has 0 aromatic heterocycles. The summed E-state index contributed by atoms with van der Waals surface area (Å²) < 4.78 is 6.90. The van der Waals surface area contributed by atoms with Gasteiger partial charge in [0.15, 0.2) is 5.34 Å². The molecule has 2 bridgehead atoms. The summed E-state index contributed by atoms with van der Waals surface area (Å²) in [5.41, 5.74) is 4.42. The van der Waals surface area contributed by atoms with E-state index in [0.717, 1.165) is 11.7 Å². The van der Waals surface area contributed by atoms with Crippen molar-refractivity contribution in [2.75, 3.05) is 6.16 Å². The molecule has 2 aliphatic rings. The topological polar surface area (TPSA) is 9.23 Å². The molecule has 0 aliphatic carbocycles. The first kappa shape index (κ1) is 14.7.